The highest BCUT2D eigenvalue weighted by molar-refractivity contribution is 5.87. The zero-order valence-electron chi connectivity index (χ0n) is 19.6. The number of rotatable bonds is 9. The summed E-state index contributed by atoms with van der Waals surface area (Å²) >= 11 is 0. The lowest BCUT2D eigenvalue weighted by atomic mass is 9.99. The van der Waals surface area contributed by atoms with Crippen LogP contribution in [0.1, 0.15) is 42.2 Å². The first-order chi connectivity index (χ1) is 16.4. The van der Waals surface area contributed by atoms with Crippen LogP contribution in [0, 0.1) is 0 Å². The van der Waals surface area contributed by atoms with E-state index in [9.17, 15) is 9.90 Å². The SMILES string of the molecule is COc1ccc(CC(=O)O)c(OCc2c(C(C)C)oc3ccc(-c4cccc(CN)c4)cc23)c1. The maximum atomic E-state index is 11.3. The van der Waals surface area contributed by atoms with E-state index < -0.39 is 5.97 Å². The van der Waals surface area contributed by atoms with Crippen molar-refractivity contribution >= 4 is 16.9 Å². The molecule has 0 spiro atoms. The number of ether oxygens (including phenoxy) is 2. The van der Waals surface area contributed by atoms with E-state index in [1.54, 1.807) is 25.3 Å². The Morgan fingerprint density at radius 1 is 1.06 bits per heavy atom. The van der Waals surface area contributed by atoms with Crippen LogP contribution in [0.3, 0.4) is 0 Å². The van der Waals surface area contributed by atoms with Gasteiger partial charge in [0.2, 0.25) is 0 Å². The summed E-state index contributed by atoms with van der Waals surface area (Å²) in [6, 6.07) is 19.5. The minimum atomic E-state index is -0.920. The molecule has 0 amide bonds. The van der Waals surface area contributed by atoms with Gasteiger partial charge in [-0.05, 0) is 41.0 Å². The first kappa shape index (κ1) is 23.4. The van der Waals surface area contributed by atoms with Crippen LogP contribution in [0.25, 0.3) is 22.1 Å². The highest BCUT2D eigenvalue weighted by Crippen LogP contribution is 2.35. The molecule has 4 rings (SSSR count). The van der Waals surface area contributed by atoms with E-state index in [4.69, 9.17) is 19.6 Å². The number of fused-ring (bicyclic) bond motifs is 1. The van der Waals surface area contributed by atoms with Crippen molar-refractivity contribution in [1.29, 1.82) is 0 Å². The molecule has 6 nitrogen and oxygen atoms in total. The van der Waals surface area contributed by atoms with Gasteiger partial charge < -0.3 is 24.7 Å². The quantitative estimate of drug-likeness (QED) is 0.324. The first-order valence-corrected chi connectivity index (χ1v) is 11.3. The molecule has 0 saturated heterocycles. The number of methoxy groups -OCH3 is 1. The van der Waals surface area contributed by atoms with E-state index >= 15 is 0 Å². The van der Waals surface area contributed by atoms with Gasteiger partial charge in [0.15, 0.2) is 0 Å². The molecule has 0 aliphatic rings. The first-order valence-electron chi connectivity index (χ1n) is 11.3. The van der Waals surface area contributed by atoms with E-state index in [2.05, 4.69) is 32.0 Å². The summed E-state index contributed by atoms with van der Waals surface area (Å²) in [5.74, 6) is 1.17. The number of benzene rings is 3. The maximum absolute atomic E-state index is 11.3. The van der Waals surface area contributed by atoms with Gasteiger partial charge >= 0.3 is 5.97 Å². The molecule has 0 aliphatic carbocycles. The van der Waals surface area contributed by atoms with Gasteiger partial charge in [0.1, 0.15) is 29.4 Å². The smallest absolute Gasteiger partial charge is 0.307 e. The van der Waals surface area contributed by atoms with Gasteiger partial charge in [0.25, 0.3) is 0 Å². The number of carboxylic acids is 1. The van der Waals surface area contributed by atoms with Crippen LogP contribution in [0.2, 0.25) is 0 Å². The Bertz CT molecular complexity index is 1320. The van der Waals surface area contributed by atoms with Crippen molar-refractivity contribution in [2.45, 2.75) is 39.3 Å². The second-order valence-electron chi connectivity index (χ2n) is 8.55. The molecule has 0 radical (unpaired) electrons. The van der Waals surface area contributed by atoms with Crippen LogP contribution in [0.4, 0.5) is 0 Å². The average Bonchev–Trinajstić information content (AvgIpc) is 3.21. The van der Waals surface area contributed by atoms with Crippen molar-refractivity contribution < 1.29 is 23.8 Å². The standard InChI is InChI=1S/C28H29NO5/c1-17(2)28-24(16-33-26-14-22(32-3)9-7-21(26)13-27(30)31)23-12-20(8-10-25(23)34-28)19-6-4-5-18(11-19)15-29/h4-12,14,17H,13,15-16,29H2,1-3H3,(H,30,31). The predicted molar refractivity (Wildman–Crippen MR) is 132 cm³/mol. The zero-order valence-corrected chi connectivity index (χ0v) is 19.6. The molecule has 3 N–H and O–H groups in total. The number of hydrogen-bond acceptors (Lipinski definition) is 5. The third kappa shape index (κ3) is 4.92. The van der Waals surface area contributed by atoms with Gasteiger partial charge in [0, 0.05) is 35.0 Å². The third-order valence-electron chi connectivity index (χ3n) is 5.83. The van der Waals surface area contributed by atoms with E-state index in [1.165, 1.54) is 0 Å². The van der Waals surface area contributed by atoms with Crippen LogP contribution in [-0.4, -0.2) is 18.2 Å². The molecule has 1 aromatic heterocycles. The minimum absolute atomic E-state index is 0.135. The van der Waals surface area contributed by atoms with Crippen LogP contribution < -0.4 is 15.2 Å². The Morgan fingerprint density at radius 2 is 1.85 bits per heavy atom. The van der Waals surface area contributed by atoms with Crippen molar-refractivity contribution in [2.75, 3.05) is 7.11 Å². The summed E-state index contributed by atoms with van der Waals surface area (Å²) in [6.07, 6.45) is -0.135. The monoisotopic (exact) mass is 459 g/mol. The van der Waals surface area contributed by atoms with Gasteiger partial charge in [-0.15, -0.1) is 0 Å². The normalized spacial score (nSPS) is 11.2. The summed E-state index contributed by atoms with van der Waals surface area (Å²) < 4.78 is 17.7. The van der Waals surface area contributed by atoms with Gasteiger partial charge in [-0.2, -0.15) is 0 Å². The second-order valence-corrected chi connectivity index (χ2v) is 8.55. The summed E-state index contributed by atoms with van der Waals surface area (Å²) in [6.45, 7) is 4.88. The molecule has 0 atom stereocenters. The van der Waals surface area contributed by atoms with Crippen LogP contribution >= 0.6 is 0 Å². The maximum Gasteiger partial charge on any atom is 0.307 e. The Labute approximate surface area is 198 Å². The molecule has 6 heteroatoms. The topological polar surface area (TPSA) is 94.9 Å². The Kier molecular flexibility index (Phi) is 6.89. The molecule has 1 heterocycles. The van der Waals surface area contributed by atoms with Crippen LogP contribution in [0.15, 0.2) is 65.1 Å². The predicted octanol–water partition coefficient (Wildman–Crippen LogP) is 5.90. The molecule has 4 aromatic rings. The number of hydrogen-bond donors (Lipinski definition) is 2. The zero-order chi connectivity index (χ0) is 24.2. The van der Waals surface area contributed by atoms with Crippen LogP contribution in [-0.2, 0) is 24.4 Å². The molecule has 34 heavy (non-hydrogen) atoms. The number of furan rings is 1. The molecule has 0 aliphatic heterocycles. The fourth-order valence-electron chi connectivity index (χ4n) is 4.10. The summed E-state index contributed by atoms with van der Waals surface area (Å²) in [4.78, 5) is 11.3. The van der Waals surface area contributed by atoms with E-state index in [0.29, 0.717) is 23.6 Å². The Morgan fingerprint density at radius 3 is 2.56 bits per heavy atom. The highest BCUT2D eigenvalue weighted by atomic mass is 16.5. The number of aliphatic carboxylic acids is 1. The minimum Gasteiger partial charge on any atom is -0.497 e. The van der Waals surface area contributed by atoms with E-state index in [1.807, 2.05) is 24.3 Å². The molecule has 0 unspecified atom stereocenters. The molecular weight excluding hydrogens is 430 g/mol. The largest absolute Gasteiger partial charge is 0.497 e. The molecule has 176 valence electrons. The lowest BCUT2D eigenvalue weighted by Crippen LogP contribution is -2.05. The lowest BCUT2D eigenvalue weighted by Gasteiger charge is -2.13. The van der Waals surface area contributed by atoms with Gasteiger partial charge in [-0.1, -0.05) is 44.2 Å². The number of carboxylic acid groups (broad SMARTS) is 1. The third-order valence-corrected chi connectivity index (χ3v) is 5.83. The Hall–Kier alpha value is -3.77. The average molecular weight is 460 g/mol. The second kappa shape index (κ2) is 10.0. The van der Waals surface area contributed by atoms with Crippen molar-refractivity contribution in [3.8, 4) is 22.6 Å². The molecule has 0 bridgehead atoms. The Balaban J connectivity index is 1.74. The number of carbonyl (C=O) groups is 1. The molecular formula is C28H29NO5. The molecule has 3 aromatic carbocycles. The lowest BCUT2D eigenvalue weighted by molar-refractivity contribution is -0.136. The van der Waals surface area contributed by atoms with Gasteiger partial charge in [0.05, 0.1) is 13.5 Å². The fraction of sp³-hybridized carbons (Fsp3) is 0.250. The summed E-state index contributed by atoms with van der Waals surface area (Å²) in [5, 5.41) is 10.3. The summed E-state index contributed by atoms with van der Waals surface area (Å²) in [5.41, 5.74) is 11.4. The molecule has 0 fully saturated rings. The fourth-order valence-corrected chi connectivity index (χ4v) is 4.10. The van der Waals surface area contributed by atoms with Gasteiger partial charge in [-0.3, -0.25) is 4.79 Å². The van der Waals surface area contributed by atoms with Crippen molar-refractivity contribution in [3.05, 3.63) is 83.1 Å². The van der Waals surface area contributed by atoms with Gasteiger partial charge in [-0.25, -0.2) is 0 Å². The summed E-state index contributed by atoms with van der Waals surface area (Å²) in [7, 11) is 1.57. The highest BCUT2D eigenvalue weighted by Gasteiger charge is 2.19. The number of nitrogens with two attached hydrogens (primary N) is 1. The van der Waals surface area contributed by atoms with Crippen LogP contribution in [0.5, 0.6) is 11.5 Å². The van der Waals surface area contributed by atoms with E-state index in [0.717, 1.165) is 39.0 Å². The van der Waals surface area contributed by atoms with Crippen molar-refractivity contribution in [2.24, 2.45) is 5.73 Å². The molecule has 0 saturated carbocycles. The van der Waals surface area contributed by atoms with E-state index in [-0.39, 0.29) is 18.9 Å². The van der Waals surface area contributed by atoms with Crippen molar-refractivity contribution in [3.63, 3.8) is 0 Å². The van der Waals surface area contributed by atoms with Crippen molar-refractivity contribution in [1.82, 2.24) is 0 Å².